The predicted octanol–water partition coefficient (Wildman–Crippen LogP) is 2.10. The highest BCUT2D eigenvalue weighted by Gasteiger charge is 2.10. The van der Waals surface area contributed by atoms with Crippen LogP contribution >= 0.6 is 27.7 Å². The van der Waals surface area contributed by atoms with Gasteiger partial charge in [-0.1, -0.05) is 33.8 Å². The smallest absolute Gasteiger partial charge is 0.234 e. The lowest BCUT2D eigenvalue weighted by molar-refractivity contribution is -0.113. The molecule has 1 aromatic heterocycles. The zero-order valence-electron chi connectivity index (χ0n) is 11.1. The third kappa shape index (κ3) is 3.51. The van der Waals surface area contributed by atoms with Crippen molar-refractivity contribution in [3.05, 3.63) is 34.1 Å². The zero-order chi connectivity index (χ0) is 14.7. The van der Waals surface area contributed by atoms with Gasteiger partial charge >= 0.3 is 0 Å². The Kier molecular flexibility index (Phi) is 4.66. The Bertz CT molecular complexity index is 643. The first-order chi connectivity index (χ1) is 9.47. The summed E-state index contributed by atoms with van der Waals surface area (Å²) in [6.07, 6.45) is 0. The van der Waals surface area contributed by atoms with Gasteiger partial charge in [0.1, 0.15) is 5.82 Å². The highest BCUT2D eigenvalue weighted by molar-refractivity contribution is 9.10. The molecule has 0 unspecified atom stereocenters. The van der Waals surface area contributed by atoms with Crippen LogP contribution in [0.4, 0.5) is 5.69 Å². The van der Waals surface area contributed by atoms with Crippen molar-refractivity contribution in [3.8, 4) is 0 Å². The molecule has 2 rings (SSSR count). The summed E-state index contributed by atoms with van der Waals surface area (Å²) in [6.45, 7) is 3.74. The van der Waals surface area contributed by atoms with E-state index in [-0.39, 0.29) is 11.7 Å². The molecule has 1 aromatic carbocycles. The number of aromatic nitrogens is 3. The molecule has 0 aliphatic heterocycles. The summed E-state index contributed by atoms with van der Waals surface area (Å²) in [7, 11) is 0. The molecule has 0 aliphatic carbocycles. The molecule has 1 amide bonds. The zero-order valence-corrected chi connectivity index (χ0v) is 13.5. The van der Waals surface area contributed by atoms with Crippen LogP contribution < -0.4 is 11.2 Å². The quantitative estimate of drug-likeness (QED) is 0.647. The van der Waals surface area contributed by atoms with Crippen molar-refractivity contribution >= 4 is 39.3 Å². The topological polar surface area (TPSA) is 85.8 Å². The fraction of sp³-hybridized carbons (Fsp3) is 0.250. The number of rotatable bonds is 4. The molecule has 1 heterocycles. The number of carbonyl (C=O) groups excluding carboxylic acids is 1. The van der Waals surface area contributed by atoms with Gasteiger partial charge < -0.3 is 11.2 Å². The molecule has 106 valence electrons. The molecule has 8 heteroatoms. The number of hydrogen-bond acceptors (Lipinski definition) is 5. The van der Waals surface area contributed by atoms with Gasteiger partial charge in [0.05, 0.1) is 5.75 Å². The number of hydrogen-bond donors (Lipinski definition) is 2. The number of aryl methyl sites for hydroxylation is 2. The molecule has 6 nitrogen and oxygen atoms in total. The largest absolute Gasteiger partial charge is 0.336 e. The molecule has 0 atom stereocenters. The molecular formula is C12H14BrN5OS. The van der Waals surface area contributed by atoms with E-state index in [2.05, 4.69) is 31.4 Å². The van der Waals surface area contributed by atoms with Crippen LogP contribution in [0.5, 0.6) is 0 Å². The van der Waals surface area contributed by atoms with Gasteiger partial charge in [0.2, 0.25) is 11.1 Å². The summed E-state index contributed by atoms with van der Waals surface area (Å²) in [6, 6.07) is 5.67. The van der Waals surface area contributed by atoms with Gasteiger partial charge in [0, 0.05) is 10.2 Å². The van der Waals surface area contributed by atoms with Gasteiger partial charge in [0.15, 0.2) is 0 Å². The normalized spacial score (nSPS) is 10.6. The van der Waals surface area contributed by atoms with E-state index in [1.54, 1.807) is 6.92 Å². The van der Waals surface area contributed by atoms with Crippen molar-refractivity contribution in [1.29, 1.82) is 0 Å². The summed E-state index contributed by atoms with van der Waals surface area (Å²) in [5, 5.41) is 11.0. The van der Waals surface area contributed by atoms with Crippen LogP contribution in [0.25, 0.3) is 0 Å². The van der Waals surface area contributed by atoms with Crippen LogP contribution in [0.2, 0.25) is 0 Å². The molecule has 20 heavy (non-hydrogen) atoms. The Morgan fingerprint density at radius 1 is 1.45 bits per heavy atom. The molecule has 0 spiro atoms. The summed E-state index contributed by atoms with van der Waals surface area (Å²) in [4.78, 5) is 11.9. The van der Waals surface area contributed by atoms with Crippen LogP contribution in [-0.4, -0.2) is 26.5 Å². The maximum absolute atomic E-state index is 11.9. The van der Waals surface area contributed by atoms with Gasteiger partial charge in [-0.3, -0.25) is 4.79 Å². The highest BCUT2D eigenvalue weighted by Crippen LogP contribution is 2.21. The lowest BCUT2D eigenvalue weighted by atomic mass is 10.2. The third-order valence-corrected chi connectivity index (χ3v) is 4.42. The SMILES string of the molecule is Cc1ccc(NC(=O)CSc2nnc(C)n2N)cc1Br. The van der Waals surface area contributed by atoms with Crippen LogP contribution in [0, 0.1) is 13.8 Å². The van der Waals surface area contributed by atoms with Crippen molar-refractivity contribution in [2.24, 2.45) is 0 Å². The molecule has 2 aromatic rings. The third-order valence-electron chi connectivity index (χ3n) is 2.62. The second kappa shape index (κ2) is 6.27. The maximum Gasteiger partial charge on any atom is 0.234 e. The standard InChI is InChI=1S/C12H14BrN5OS/c1-7-3-4-9(5-10(7)13)15-11(19)6-20-12-17-16-8(2)18(12)14/h3-5H,6,14H2,1-2H3,(H,15,19). The minimum atomic E-state index is -0.119. The van der Waals surface area contributed by atoms with Crippen LogP contribution in [0.3, 0.4) is 0 Å². The van der Waals surface area contributed by atoms with Gasteiger partial charge in [0.25, 0.3) is 0 Å². The number of thioether (sulfide) groups is 1. The molecule has 0 aliphatic rings. The molecule has 0 saturated heterocycles. The lowest BCUT2D eigenvalue weighted by Crippen LogP contribution is -2.16. The number of nitrogens with zero attached hydrogens (tertiary/aromatic N) is 3. The van der Waals surface area contributed by atoms with E-state index >= 15 is 0 Å². The second-order valence-electron chi connectivity index (χ2n) is 4.20. The molecule has 0 saturated carbocycles. The summed E-state index contributed by atoms with van der Waals surface area (Å²) < 4.78 is 2.32. The Morgan fingerprint density at radius 2 is 2.20 bits per heavy atom. The average molecular weight is 356 g/mol. The minimum absolute atomic E-state index is 0.119. The van der Waals surface area contributed by atoms with E-state index in [0.717, 1.165) is 15.7 Å². The number of anilines is 1. The number of nitrogen functional groups attached to an aromatic ring is 1. The summed E-state index contributed by atoms with van der Waals surface area (Å²) in [5.74, 6) is 6.42. The first-order valence-electron chi connectivity index (χ1n) is 5.83. The van der Waals surface area contributed by atoms with Crippen molar-refractivity contribution in [1.82, 2.24) is 14.9 Å². The summed E-state index contributed by atoms with van der Waals surface area (Å²) >= 11 is 4.67. The summed E-state index contributed by atoms with van der Waals surface area (Å²) in [5.41, 5.74) is 1.86. The number of amides is 1. The van der Waals surface area contributed by atoms with Crippen molar-refractivity contribution in [2.75, 3.05) is 16.9 Å². The van der Waals surface area contributed by atoms with E-state index in [9.17, 15) is 4.79 Å². The van der Waals surface area contributed by atoms with E-state index < -0.39 is 0 Å². The van der Waals surface area contributed by atoms with E-state index in [0.29, 0.717) is 11.0 Å². The number of nitrogens with two attached hydrogens (primary N) is 1. The van der Waals surface area contributed by atoms with Crippen LogP contribution in [-0.2, 0) is 4.79 Å². The fourth-order valence-corrected chi connectivity index (χ4v) is 2.53. The van der Waals surface area contributed by atoms with Gasteiger partial charge in [-0.15, -0.1) is 10.2 Å². The average Bonchev–Trinajstić information content (AvgIpc) is 2.72. The van der Waals surface area contributed by atoms with Crippen molar-refractivity contribution < 1.29 is 4.79 Å². The van der Waals surface area contributed by atoms with Crippen LogP contribution in [0.15, 0.2) is 27.8 Å². The van der Waals surface area contributed by atoms with Gasteiger partial charge in [-0.25, -0.2) is 4.68 Å². The monoisotopic (exact) mass is 355 g/mol. The number of halogens is 1. The van der Waals surface area contributed by atoms with Crippen molar-refractivity contribution in [3.63, 3.8) is 0 Å². The Morgan fingerprint density at radius 3 is 2.80 bits per heavy atom. The molecule has 0 fully saturated rings. The number of benzene rings is 1. The Labute approximate surface area is 129 Å². The Hall–Kier alpha value is -1.54. The van der Waals surface area contributed by atoms with Gasteiger partial charge in [-0.05, 0) is 31.5 Å². The molecular weight excluding hydrogens is 342 g/mol. The minimum Gasteiger partial charge on any atom is -0.336 e. The Balaban J connectivity index is 1.92. The molecule has 3 N–H and O–H groups in total. The maximum atomic E-state index is 11.9. The molecule has 0 bridgehead atoms. The lowest BCUT2D eigenvalue weighted by Gasteiger charge is -2.06. The van der Waals surface area contributed by atoms with Crippen LogP contribution in [0.1, 0.15) is 11.4 Å². The van der Waals surface area contributed by atoms with E-state index in [4.69, 9.17) is 5.84 Å². The first kappa shape index (κ1) is 14.9. The van der Waals surface area contributed by atoms with E-state index in [1.807, 2.05) is 25.1 Å². The number of carbonyl (C=O) groups is 1. The highest BCUT2D eigenvalue weighted by atomic mass is 79.9. The predicted molar refractivity (Wildman–Crippen MR) is 83.1 cm³/mol. The second-order valence-corrected chi connectivity index (χ2v) is 6.00. The van der Waals surface area contributed by atoms with Crippen molar-refractivity contribution in [2.45, 2.75) is 19.0 Å². The molecule has 0 radical (unpaired) electrons. The fourth-order valence-electron chi connectivity index (χ4n) is 1.45. The number of nitrogens with one attached hydrogen (secondary N) is 1. The first-order valence-corrected chi connectivity index (χ1v) is 7.61. The van der Waals surface area contributed by atoms with Gasteiger partial charge in [-0.2, -0.15) is 0 Å². The van der Waals surface area contributed by atoms with E-state index in [1.165, 1.54) is 16.4 Å².